The molecule has 1 aliphatic heterocycles. The average molecular weight is 885 g/mol. The fraction of sp³-hybridized carbons (Fsp3) is 0.796. The second kappa shape index (κ2) is 28.0. The number of rotatable bonds is 19. The first-order valence-corrected chi connectivity index (χ1v) is 27.4. The minimum Gasteiger partial charge on any atom is -0.462 e. The first-order valence-electron chi connectivity index (χ1n) is 24.5. The topological polar surface area (TPSA) is 88.1 Å². The number of hydrogen-bond donors (Lipinski definition) is 0. The van der Waals surface area contributed by atoms with Gasteiger partial charge >= 0.3 is 5.97 Å². The van der Waals surface area contributed by atoms with Crippen molar-refractivity contribution in [1.29, 1.82) is 0 Å². The molecule has 0 aromatic heterocycles. The van der Waals surface area contributed by atoms with Gasteiger partial charge in [0.05, 0.1) is 18.6 Å². The molecule has 0 unspecified atom stereocenters. The molecule has 3 fully saturated rings. The lowest BCUT2D eigenvalue weighted by atomic mass is 9.66. The Morgan fingerprint density at radius 2 is 1.44 bits per heavy atom. The molecule has 7 nitrogen and oxygen atoms in total. The van der Waals surface area contributed by atoms with Crippen molar-refractivity contribution >= 4 is 26.4 Å². The van der Waals surface area contributed by atoms with Crippen molar-refractivity contribution in [3.05, 3.63) is 47.1 Å². The van der Waals surface area contributed by atoms with E-state index in [1.54, 1.807) is 7.11 Å². The van der Waals surface area contributed by atoms with Gasteiger partial charge in [-0.2, -0.15) is 0 Å². The van der Waals surface area contributed by atoms with E-state index in [1.165, 1.54) is 16.7 Å². The maximum Gasteiger partial charge on any atom is 0.306 e. The van der Waals surface area contributed by atoms with Crippen LogP contribution in [0.5, 0.6) is 0 Å². The maximum atomic E-state index is 12.7. The van der Waals surface area contributed by atoms with Gasteiger partial charge in [-0.05, 0) is 126 Å². The van der Waals surface area contributed by atoms with E-state index in [1.807, 2.05) is 13.8 Å². The number of hydrogen-bond acceptors (Lipinski definition) is 7. The zero-order valence-corrected chi connectivity index (χ0v) is 44.4. The third kappa shape index (κ3) is 18.0. The van der Waals surface area contributed by atoms with E-state index in [2.05, 4.69) is 140 Å². The molecular formula is C54H96O7Si. The van der Waals surface area contributed by atoms with Crippen LogP contribution in [0.4, 0.5) is 0 Å². The van der Waals surface area contributed by atoms with Crippen LogP contribution in [0, 0.1) is 59.2 Å². The number of aldehydes is 1. The second-order valence-corrected chi connectivity index (χ2v) is 26.0. The van der Waals surface area contributed by atoms with Crippen LogP contribution in [0.15, 0.2) is 47.1 Å². The Hall–Kier alpha value is -2.13. The summed E-state index contributed by atoms with van der Waals surface area (Å²) in [4.78, 5) is 34.9. The predicted octanol–water partition coefficient (Wildman–Crippen LogP) is 14.3. The van der Waals surface area contributed by atoms with Crippen molar-refractivity contribution in [2.45, 2.75) is 205 Å². The molecule has 0 bridgehead atoms. The smallest absolute Gasteiger partial charge is 0.306 e. The average Bonchev–Trinajstić information content (AvgIpc) is 3.61. The highest BCUT2D eigenvalue weighted by Crippen LogP contribution is 2.49. The largest absolute Gasteiger partial charge is 0.462 e. The van der Waals surface area contributed by atoms with Crippen LogP contribution in [0.25, 0.3) is 0 Å². The zero-order valence-electron chi connectivity index (χ0n) is 43.4. The van der Waals surface area contributed by atoms with Gasteiger partial charge in [0.25, 0.3) is 0 Å². The van der Waals surface area contributed by atoms with E-state index in [0.29, 0.717) is 48.6 Å². The number of carbonyl (C=O) groups is 3. The number of ether oxygens (including phenoxy) is 3. The Kier molecular flexibility index (Phi) is 26.2. The Morgan fingerprint density at radius 3 is 1.97 bits per heavy atom. The standard InChI is InChI=1S/C26H44O3.C17H32O3Si.C11H20O/c1-18(2)11-9-12-19(3)13-10-14-20(4)15-16-24-23(7)25(27)21(5)22(6)26(24)29-17-28-8;1-10-11(2)16-13(9-14(18)19-16)12(3)15(10)20-21(7,8)17(4,5)6;1-4-6-8-11(7-5-2)10(3)9-12/h11,13,15,21-24,26H,9-10,12,14,16-17H2,1-8H3;10-13,15-16H,9H2,1-8H3;6,8-11H,4-5,7H2,1-3H3/b19-13+,20-15+;;8-6+/t21-,22+,23+,24+,26-;10-,11+,12+,13+,15+,16-;10-,11-/m000/s1. The number of carbonyl (C=O) groups excluding carboxylic acids is 3. The molecule has 8 heteroatoms. The summed E-state index contributed by atoms with van der Waals surface area (Å²) in [5.74, 6) is 3.04. The lowest BCUT2D eigenvalue weighted by Crippen LogP contribution is -2.54. The summed E-state index contributed by atoms with van der Waals surface area (Å²) in [6.45, 7) is 39.8. The molecule has 13 atom stereocenters. The summed E-state index contributed by atoms with van der Waals surface area (Å²) in [6.07, 6.45) is 22.0. The molecule has 0 radical (unpaired) electrons. The van der Waals surface area contributed by atoms with Crippen LogP contribution in [0.2, 0.25) is 18.1 Å². The van der Waals surface area contributed by atoms with E-state index in [-0.39, 0.29) is 58.9 Å². The van der Waals surface area contributed by atoms with Crippen LogP contribution < -0.4 is 0 Å². The molecule has 1 heterocycles. The highest BCUT2D eigenvalue weighted by Gasteiger charge is 2.53. The summed E-state index contributed by atoms with van der Waals surface area (Å²) in [5, 5.41) is 0.217. The van der Waals surface area contributed by atoms with Crippen LogP contribution in [0.3, 0.4) is 0 Å². The third-order valence-electron chi connectivity index (χ3n) is 15.0. The molecule has 2 saturated carbocycles. The Balaban J connectivity index is 0.000000507. The first-order chi connectivity index (χ1) is 28.9. The van der Waals surface area contributed by atoms with Crippen molar-refractivity contribution in [1.82, 2.24) is 0 Å². The molecule has 0 spiro atoms. The maximum absolute atomic E-state index is 12.7. The van der Waals surface area contributed by atoms with E-state index in [0.717, 1.165) is 57.7 Å². The van der Waals surface area contributed by atoms with Gasteiger partial charge in [-0.1, -0.05) is 137 Å². The van der Waals surface area contributed by atoms with Crippen molar-refractivity contribution in [3.8, 4) is 0 Å². The molecule has 3 rings (SSSR count). The van der Waals surface area contributed by atoms with Crippen LogP contribution in [-0.4, -0.2) is 58.6 Å². The van der Waals surface area contributed by atoms with E-state index in [4.69, 9.17) is 18.6 Å². The van der Waals surface area contributed by atoms with Crippen molar-refractivity contribution in [2.24, 2.45) is 59.2 Å². The summed E-state index contributed by atoms with van der Waals surface area (Å²) in [5.41, 5.74) is 4.26. The predicted molar refractivity (Wildman–Crippen MR) is 263 cm³/mol. The number of fused-ring (bicyclic) bond motifs is 1. The number of esters is 1. The molecule has 0 aromatic rings. The van der Waals surface area contributed by atoms with E-state index in [9.17, 15) is 14.4 Å². The molecule has 0 N–H and O–H groups in total. The Morgan fingerprint density at radius 1 is 0.839 bits per heavy atom. The number of ketones is 1. The second-order valence-electron chi connectivity index (χ2n) is 21.3. The molecule has 62 heavy (non-hydrogen) atoms. The van der Waals surface area contributed by atoms with Gasteiger partial charge in [-0.25, -0.2) is 0 Å². The van der Waals surface area contributed by atoms with E-state index >= 15 is 0 Å². The monoisotopic (exact) mass is 885 g/mol. The zero-order chi connectivity index (χ0) is 47.5. The van der Waals surface area contributed by atoms with Crippen molar-refractivity contribution in [2.75, 3.05) is 13.9 Å². The number of allylic oxidation sites excluding steroid dienone is 8. The molecule has 0 amide bonds. The summed E-state index contributed by atoms with van der Waals surface area (Å²) < 4.78 is 23.5. The highest BCUT2D eigenvalue weighted by molar-refractivity contribution is 6.74. The summed E-state index contributed by atoms with van der Waals surface area (Å²) in [6, 6.07) is 0. The Bertz CT molecular complexity index is 1460. The van der Waals surface area contributed by atoms with Gasteiger partial charge in [0.1, 0.15) is 25.0 Å². The fourth-order valence-electron chi connectivity index (χ4n) is 9.19. The molecule has 3 aliphatic rings. The normalized spacial score (nSPS) is 30.3. The molecule has 1 saturated heterocycles. The van der Waals surface area contributed by atoms with Gasteiger partial charge in [-0.15, -0.1) is 0 Å². The fourth-order valence-corrected chi connectivity index (χ4v) is 10.7. The minimum absolute atomic E-state index is 0.0242. The number of Topliss-reactive ketones (excluding diaryl/α,β-unsaturated/α-hetero) is 1. The van der Waals surface area contributed by atoms with Gasteiger partial charge in [0.15, 0.2) is 8.32 Å². The molecule has 2 aliphatic carbocycles. The third-order valence-corrected chi connectivity index (χ3v) is 19.5. The van der Waals surface area contributed by atoms with Crippen LogP contribution in [-0.2, 0) is 33.0 Å². The van der Waals surface area contributed by atoms with Gasteiger partial charge in [0, 0.05) is 30.8 Å². The van der Waals surface area contributed by atoms with Crippen LogP contribution >= 0.6 is 0 Å². The molecular weight excluding hydrogens is 789 g/mol. The summed E-state index contributed by atoms with van der Waals surface area (Å²) >= 11 is 0. The van der Waals surface area contributed by atoms with Gasteiger partial charge in [-0.3, -0.25) is 9.59 Å². The van der Waals surface area contributed by atoms with Crippen molar-refractivity contribution < 1.29 is 33.0 Å². The van der Waals surface area contributed by atoms with Crippen LogP contribution in [0.1, 0.15) is 169 Å². The highest BCUT2D eigenvalue weighted by atomic mass is 28.4. The van der Waals surface area contributed by atoms with E-state index < -0.39 is 8.32 Å². The van der Waals surface area contributed by atoms with Gasteiger partial charge in [0.2, 0.25) is 0 Å². The first kappa shape index (κ1) is 57.9. The SMILES string of the molecule is CC/C=C/[C@H](CCC)[C@@H](C)C=O.COCO[C@H]1[C@H](C)[C@H](C)C(=O)[C@H](C)[C@H]1C/C=C(\C)CC/C=C(\C)CCC=C(C)C.C[C@@H]1[C@H]2CC(=O)O[C@H]2[C@H](C)[C@H](C)[C@H]1O[Si](C)(C)C(C)(C)C. The Labute approximate surface area is 383 Å². The molecule has 0 aromatic carbocycles. The number of methoxy groups -OCH3 is 1. The quantitative estimate of drug-likeness (QED) is 0.0420. The van der Waals surface area contributed by atoms with Crippen molar-refractivity contribution in [3.63, 3.8) is 0 Å². The van der Waals surface area contributed by atoms with Gasteiger partial charge < -0.3 is 23.4 Å². The lowest BCUT2D eigenvalue weighted by Gasteiger charge is -2.49. The minimum atomic E-state index is -1.79. The summed E-state index contributed by atoms with van der Waals surface area (Å²) in [7, 11) is -0.140. The lowest BCUT2D eigenvalue weighted by molar-refractivity contribution is -0.159. The molecule has 358 valence electrons.